The second-order valence-corrected chi connectivity index (χ2v) is 5.74. The predicted octanol–water partition coefficient (Wildman–Crippen LogP) is 4.45. The minimum atomic E-state index is -4.54. The number of rotatable bonds is 5. The molecule has 0 fully saturated rings. The van der Waals surface area contributed by atoms with Crippen molar-refractivity contribution in [2.24, 2.45) is 0 Å². The molecule has 1 aliphatic heterocycles. The monoisotopic (exact) mass is 362 g/mol. The summed E-state index contributed by atoms with van der Waals surface area (Å²) < 4.78 is 44.1. The van der Waals surface area contributed by atoms with Crippen LogP contribution in [0.15, 0.2) is 60.8 Å². The van der Waals surface area contributed by atoms with Gasteiger partial charge in [0.1, 0.15) is 5.75 Å². The fourth-order valence-corrected chi connectivity index (χ4v) is 2.61. The lowest BCUT2D eigenvalue weighted by Gasteiger charge is -2.16. The number of alkyl halides is 3. The molecule has 1 aliphatic rings. The molecule has 0 spiro atoms. The maximum Gasteiger partial charge on any atom is 0.418 e. The standard InChI is InChI=1S/C19H17F3N2O2/c20-19(21,22)16-5-1-2-6-17(16)23-18(25)13-26-15-9-7-14(8-10-15)24-11-3-4-12-24/h1-3,5-11H,4,12-13H2,(H,23,25). The Morgan fingerprint density at radius 1 is 1.12 bits per heavy atom. The van der Waals surface area contributed by atoms with Crippen molar-refractivity contribution in [3.05, 3.63) is 66.4 Å². The topological polar surface area (TPSA) is 41.6 Å². The highest BCUT2D eigenvalue weighted by Gasteiger charge is 2.33. The number of halogens is 3. The molecular weight excluding hydrogens is 345 g/mol. The summed E-state index contributed by atoms with van der Waals surface area (Å²) in [7, 11) is 0. The summed E-state index contributed by atoms with van der Waals surface area (Å²) in [5, 5.41) is 2.24. The number of hydrogen-bond donors (Lipinski definition) is 1. The van der Waals surface area contributed by atoms with E-state index in [0.717, 1.165) is 24.7 Å². The van der Waals surface area contributed by atoms with Crippen LogP contribution in [0.4, 0.5) is 24.5 Å². The van der Waals surface area contributed by atoms with Gasteiger partial charge in [-0.15, -0.1) is 0 Å². The third-order valence-corrected chi connectivity index (χ3v) is 3.87. The van der Waals surface area contributed by atoms with E-state index in [1.807, 2.05) is 18.3 Å². The molecule has 7 heteroatoms. The molecule has 136 valence electrons. The smallest absolute Gasteiger partial charge is 0.418 e. The zero-order valence-corrected chi connectivity index (χ0v) is 13.8. The molecule has 0 unspecified atom stereocenters. The van der Waals surface area contributed by atoms with Crippen LogP contribution in [0.25, 0.3) is 0 Å². The van der Waals surface area contributed by atoms with Gasteiger partial charge in [0.2, 0.25) is 0 Å². The molecule has 1 heterocycles. The van der Waals surface area contributed by atoms with Gasteiger partial charge in [-0.3, -0.25) is 4.79 Å². The zero-order chi connectivity index (χ0) is 18.6. The molecule has 3 rings (SSSR count). The highest BCUT2D eigenvalue weighted by atomic mass is 19.4. The van der Waals surface area contributed by atoms with Gasteiger partial charge in [-0.05, 0) is 42.8 Å². The number of nitrogens with one attached hydrogen (secondary N) is 1. The Kier molecular flexibility index (Phi) is 5.16. The number of amides is 1. The lowest BCUT2D eigenvalue weighted by atomic mass is 10.1. The van der Waals surface area contributed by atoms with Crippen molar-refractivity contribution < 1.29 is 22.7 Å². The van der Waals surface area contributed by atoms with Crippen LogP contribution in [0.3, 0.4) is 0 Å². The van der Waals surface area contributed by atoms with Crippen molar-refractivity contribution in [2.75, 3.05) is 23.4 Å². The van der Waals surface area contributed by atoms with E-state index in [2.05, 4.69) is 16.3 Å². The van der Waals surface area contributed by atoms with E-state index < -0.39 is 17.6 Å². The quantitative estimate of drug-likeness (QED) is 0.855. The molecular formula is C19H17F3N2O2. The average molecular weight is 362 g/mol. The van der Waals surface area contributed by atoms with Crippen molar-refractivity contribution in [3.8, 4) is 5.75 Å². The largest absolute Gasteiger partial charge is 0.484 e. The van der Waals surface area contributed by atoms with E-state index in [1.165, 1.54) is 18.2 Å². The number of para-hydroxylation sites is 1. The summed E-state index contributed by atoms with van der Waals surface area (Å²) in [5.74, 6) is -0.190. The molecule has 26 heavy (non-hydrogen) atoms. The Morgan fingerprint density at radius 2 is 1.85 bits per heavy atom. The number of nitrogens with zero attached hydrogens (tertiary/aromatic N) is 1. The van der Waals surface area contributed by atoms with E-state index in [1.54, 1.807) is 12.1 Å². The molecule has 1 N–H and O–H groups in total. The molecule has 0 radical (unpaired) electrons. The van der Waals surface area contributed by atoms with Gasteiger partial charge >= 0.3 is 6.18 Å². The third-order valence-electron chi connectivity index (χ3n) is 3.87. The summed E-state index contributed by atoms with van der Waals surface area (Å²) in [4.78, 5) is 14.0. The van der Waals surface area contributed by atoms with Gasteiger partial charge < -0.3 is 15.0 Å². The molecule has 0 saturated heterocycles. The second-order valence-electron chi connectivity index (χ2n) is 5.74. The van der Waals surface area contributed by atoms with Crippen LogP contribution in [0.2, 0.25) is 0 Å². The summed E-state index contributed by atoms with van der Waals surface area (Å²) in [6.07, 6.45) is 0.539. The molecule has 2 aromatic carbocycles. The molecule has 4 nitrogen and oxygen atoms in total. The fraction of sp³-hybridized carbons (Fsp3) is 0.211. The van der Waals surface area contributed by atoms with E-state index in [0.29, 0.717) is 5.75 Å². The average Bonchev–Trinajstić information content (AvgIpc) is 3.15. The van der Waals surface area contributed by atoms with E-state index in [4.69, 9.17) is 4.74 Å². The van der Waals surface area contributed by atoms with Gasteiger partial charge in [0.15, 0.2) is 6.61 Å². The molecule has 0 aromatic heterocycles. The number of ether oxygens (including phenoxy) is 1. The normalized spacial score (nSPS) is 13.7. The molecule has 2 aromatic rings. The molecule has 0 atom stereocenters. The fourth-order valence-electron chi connectivity index (χ4n) is 2.61. The Bertz CT molecular complexity index is 801. The van der Waals surface area contributed by atoms with Gasteiger partial charge in [0.05, 0.1) is 11.3 Å². The molecule has 0 saturated carbocycles. The lowest BCUT2D eigenvalue weighted by molar-refractivity contribution is -0.137. The molecule has 0 aliphatic carbocycles. The van der Waals surface area contributed by atoms with Gasteiger partial charge in [0, 0.05) is 18.4 Å². The van der Waals surface area contributed by atoms with Crippen LogP contribution < -0.4 is 15.0 Å². The van der Waals surface area contributed by atoms with Gasteiger partial charge in [-0.2, -0.15) is 13.2 Å². The van der Waals surface area contributed by atoms with Gasteiger partial charge in [0.25, 0.3) is 5.91 Å². The number of hydrogen-bond acceptors (Lipinski definition) is 3. The Morgan fingerprint density at radius 3 is 2.50 bits per heavy atom. The Labute approximate surface area is 148 Å². The van der Waals surface area contributed by atoms with E-state index >= 15 is 0 Å². The van der Waals surface area contributed by atoms with E-state index in [-0.39, 0.29) is 12.3 Å². The van der Waals surface area contributed by atoms with Crippen molar-refractivity contribution in [1.29, 1.82) is 0 Å². The number of carbonyl (C=O) groups excluding carboxylic acids is 1. The van der Waals surface area contributed by atoms with Crippen LogP contribution >= 0.6 is 0 Å². The van der Waals surface area contributed by atoms with Crippen molar-refractivity contribution in [1.82, 2.24) is 0 Å². The van der Waals surface area contributed by atoms with Crippen LogP contribution in [0.1, 0.15) is 12.0 Å². The third kappa shape index (κ3) is 4.36. The number of benzene rings is 2. The van der Waals surface area contributed by atoms with Crippen LogP contribution in [0, 0.1) is 0 Å². The highest BCUT2D eigenvalue weighted by Crippen LogP contribution is 2.34. The maximum atomic E-state index is 12.9. The van der Waals surface area contributed by atoms with Crippen molar-refractivity contribution in [3.63, 3.8) is 0 Å². The minimum absolute atomic E-state index is 0.287. The Balaban J connectivity index is 1.57. The molecule has 0 bridgehead atoms. The molecule has 1 amide bonds. The lowest BCUT2D eigenvalue weighted by Crippen LogP contribution is -2.22. The second kappa shape index (κ2) is 7.51. The zero-order valence-electron chi connectivity index (χ0n) is 13.8. The van der Waals surface area contributed by atoms with Crippen LogP contribution in [0.5, 0.6) is 5.75 Å². The highest BCUT2D eigenvalue weighted by molar-refractivity contribution is 5.92. The first kappa shape index (κ1) is 17.8. The van der Waals surface area contributed by atoms with Gasteiger partial charge in [-0.25, -0.2) is 0 Å². The maximum absolute atomic E-state index is 12.9. The van der Waals surface area contributed by atoms with Crippen LogP contribution in [-0.4, -0.2) is 19.1 Å². The Hall–Kier alpha value is -2.96. The van der Waals surface area contributed by atoms with Crippen molar-refractivity contribution in [2.45, 2.75) is 12.6 Å². The predicted molar refractivity (Wildman–Crippen MR) is 93.1 cm³/mol. The first-order valence-electron chi connectivity index (χ1n) is 8.06. The summed E-state index contributed by atoms with van der Waals surface area (Å²) in [6.45, 7) is 0.538. The minimum Gasteiger partial charge on any atom is -0.484 e. The van der Waals surface area contributed by atoms with Crippen molar-refractivity contribution >= 4 is 17.3 Å². The number of carbonyl (C=O) groups is 1. The first-order chi connectivity index (χ1) is 12.4. The van der Waals surface area contributed by atoms with Gasteiger partial charge in [-0.1, -0.05) is 18.2 Å². The number of anilines is 2. The first-order valence-corrected chi connectivity index (χ1v) is 8.06. The SMILES string of the molecule is O=C(COc1ccc(N2C=CCC2)cc1)Nc1ccccc1C(F)(F)F. The summed E-state index contributed by atoms with van der Waals surface area (Å²) in [5.41, 5.74) is -0.171. The summed E-state index contributed by atoms with van der Waals surface area (Å²) in [6, 6.07) is 12.0. The van der Waals surface area contributed by atoms with E-state index in [9.17, 15) is 18.0 Å². The van der Waals surface area contributed by atoms with Crippen LogP contribution in [-0.2, 0) is 11.0 Å². The summed E-state index contributed by atoms with van der Waals surface area (Å²) >= 11 is 0.